The van der Waals surface area contributed by atoms with Crippen molar-refractivity contribution in [3.8, 4) is 5.75 Å². The predicted octanol–water partition coefficient (Wildman–Crippen LogP) is 3.41. The Hall–Kier alpha value is -0.750. The maximum atomic E-state index is 12.3. The number of hydrogen-bond acceptors (Lipinski definition) is 4. The lowest BCUT2D eigenvalue weighted by molar-refractivity contribution is 0.402. The average molecular weight is 317 g/mol. The largest absolute Gasteiger partial charge is 0.598 e. The van der Waals surface area contributed by atoms with Crippen LogP contribution in [0.3, 0.4) is 0 Å². The molecule has 1 aromatic heterocycles. The third-order valence-electron chi connectivity index (χ3n) is 2.68. The van der Waals surface area contributed by atoms with E-state index in [1.165, 1.54) is 0 Å². The molecule has 0 saturated carbocycles. The molecule has 0 radical (unpaired) electrons. The Bertz CT molecular complexity index is 463. The van der Waals surface area contributed by atoms with Gasteiger partial charge in [-0.1, -0.05) is 17.7 Å². The van der Waals surface area contributed by atoms with E-state index in [4.69, 9.17) is 16.3 Å². The highest BCUT2D eigenvalue weighted by molar-refractivity contribution is 7.90. The van der Waals surface area contributed by atoms with Gasteiger partial charge in [-0.2, -0.15) is 0 Å². The Labute approximate surface area is 128 Å². The van der Waals surface area contributed by atoms with Crippen LogP contribution >= 0.6 is 11.6 Å². The first-order valence-electron chi connectivity index (χ1n) is 6.28. The first-order chi connectivity index (χ1) is 9.31. The number of methoxy groups -OCH3 is 1. The molecule has 2 unspecified atom stereocenters. The lowest BCUT2D eigenvalue weighted by Gasteiger charge is -2.28. The number of halogens is 1. The van der Waals surface area contributed by atoms with Gasteiger partial charge in [0.15, 0.2) is 0 Å². The summed E-state index contributed by atoms with van der Waals surface area (Å²) < 4.78 is 20.3. The van der Waals surface area contributed by atoms with Gasteiger partial charge in [0.25, 0.3) is 0 Å². The number of nitrogens with one attached hydrogen (secondary N) is 1. The molecular weight excluding hydrogens is 296 g/mol. The molecule has 2 atom stereocenters. The molecule has 0 amide bonds. The topological polar surface area (TPSA) is 57.2 Å². The molecule has 4 nitrogen and oxygen atoms in total. The van der Waals surface area contributed by atoms with Crippen LogP contribution in [0.15, 0.2) is 24.9 Å². The van der Waals surface area contributed by atoms with Gasteiger partial charge in [0.2, 0.25) is 0 Å². The van der Waals surface area contributed by atoms with Gasteiger partial charge in [0.1, 0.15) is 15.6 Å². The molecule has 0 spiro atoms. The van der Waals surface area contributed by atoms with Gasteiger partial charge in [-0.15, -0.1) is 11.3 Å². The van der Waals surface area contributed by atoms with Crippen LogP contribution in [-0.4, -0.2) is 21.4 Å². The number of nitrogens with zero attached hydrogens (tertiary/aromatic N) is 1. The zero-order valence-corrected chi connectivity index (χ0v) is 13.8. The van der Waals surface area contributed by atoms with E-state index in [0.29, 0.717) is 22.9 Å². The van der Waals surface area contributed by atoms with Crippen molar-refractivity contribution in [1.29, 1.82) is 0 Å². The second-order valence-electron chi connectivity index (χ2n) is 5.29. The minimum atomic E-state index is -1.23. The zero-order valence-electron chi connectivity index (χ0n) is 12.3. The summed E-state index contributed by atoms with van der Waals surface area (Å²) in [6.45, 7) is 9.46. The van der Waals surface area contributed by atoms with E-state index in [1.807, 2.05) is 20.8 Å². The summed E-state index contributed by atoms with van der Waals surface area (Å²) in [5.41, 5.74) is 0.703. The van der Waals surface area contributed by atoms with Crippen molar-refractivity contribution in [2.45, 2.75) is 38.0 Å². The molecule has 0 saturated heterocycles. The Balaban J connectivity index is 3.11. The molecule has 0 aliphatic carbocycles. The maximum absolute atomic E-state index is 12.3. The van der Waals surface area contributed by atoms with E-state index >= 15 is 0 Å². The van der Waals surface area contributed by atoms with Crippen molar-refractivity contribution in [3.63, 3.8) is 0 Å². The fourth-order valence-electron chi connectivity index (χ4n) is 1.62. The molecule has 0 fully saturated rings. The highest BCUT2D eigenvalue weighted by Crippen LogP contribution is 2.33. The monoisotopic (exact) mass is 316 g/mol. The van der Waals surface area contributed by atoms with Gasteiger partial charge in [0, 0.05) is 17.6 Å². The van der Waals surface area contributed by atoms with Crippen molar-refractivity contribution < 1.29 is 9.29 Å². The molecule has 0 aliphatic heterocycles. The van der Waals surface area contributed by atoms with Crippen LogP contribution in [0.5, 0.6) is 5.75 Å². The highest BCUT2D eigenvalue weighted by Gasteiger charge is 2.31. The summed E-state index contributed by atoms with van der Waals surface area (Å²) in [6, 6.07) is 1.47. The summed E-state index contributed by atoms with van der Waals surface area (Å²) in [4.78, 5) is 4.07. The Morgan fingerprint density at radius 1 is 1.60 bits per heavy atom. The number of hydrogen-bond donors (Lipinski definition) is 1. The molecule has 6 heteroatoms. The first-order valence-corrected chi connectivity index (χ1v) is 7.81. The molecule has 20 heavy (non-hydrogen) atoms. The lowest BCUT2D eigenvalue weighted by Crippen LogP contribution is -2.41. The van der Waals surface area contributed by atoms with E-state index in [1.54, 1.807) is 25.4 Å². The fraction of sp³-hybridized carbons (Fsp3) is 0.500. The SMILES string of the molecule is C=CCC(N[S+]([O-])C(C)(C)C)c1c(OC)ccnc1Cl. The second-order valence-corrected chi connectivity index (χ2v) is 7.65. The van der Waals surface area contributed by atoms with Crippen molar-refractivity contribution in [3.05, 3.63) is 35.6 Å². The van der Waals surface area contributed by atoms with E-state index in [2.05, 4.69) is 16.3 Å². The predicted molar refractivity (Wildman–Crippen MR) is 84.4 cm³/mol. The second kappa shape index (κ2) is 7.31. The maximum Gasteiger partial charge on any atom is 0.137 e. The van der Waals surface area contributed by atoms with Crippen LogP contribution in [0.2, 0.25) is 5.15 Å². The summed E-state index contributed by atoms with van der Waals surface area (Å²) in [5.74, 6) is 0.621. The van der Waals surface area contributed by atoms with Gasteiger partial charge in [-0.25, -0.2) is 4.98 Å². The smallest absolute Gasteiger partial charge is 0.137 e. The van der Waals surface area contributed by atoms with Crippen molar-refractivity contribution >= 4 is 23.0 Å². The summed E-state index contributed by atoms with van der Waals surface area (Å²) in [7, 11) is 1.57. The van der Waals surface area contributed by atoms with Crippen LogP contribution in [0, 0.1) is 0 Å². The van der Waals surface area contributed by atoms with E-state index in [-0.39, 0.29) is 10.8 Å². The highest BCUT2D eigenvalue weighted by atomic mass is 35.5. The summed E-state index contributed by atoms with van der Waals surface area (Å²) in [5, 5.41) is 0.342. The molecule has 0 aliphatic rings. The van der Waals surface area contributed by atoms with Gasteiger partial charge >= 0.3 is 0 Å². The van der Waals surface area contributed by atoms with Crippen LogP contribution in [0.4, 0.5) is 0 Å². The van der Waals surface area contributed by atoms with Gasteiger partial charge in [-0.3, -0.25) is 0 Å². The normalized spacial score (nSPS) is 14.7. The standard InChI is InChI=1S/C14H21ClN2O2S/c1-6-7-10(17-20(18)14(2,3)4)12-11(19-5)8-9-16-13(12)15/h6,8-10,17H,1,7H2,2-5H3. The number of ether oxygens (including phenoxy) is 1. The molecular formula is C14H21ClN2O2S. The number of pyridine rings is 1. The minimum Gasteiger partial charge on any atom is -0.598 e. The fourth-order valence-corrected chi connectivity index (χ4v) is 2.73. The van der Waals surface area contributed by atoms with Gasteiger partial charge in [-0.05, 0) is 33.3 Å². The molecule has 0 bridgehead atoms. The van der Waals surface area contributed by atoms with Crippen LogP contribution in [-0.2, 0) is 11.4 Å². The molecule has 1 aromatic rings. The van der Waals surface area contributed by atoms with Crippen LogP contribution in [0.1, 0.15) is 38.8 Å². The third kappa shape index (κ3) is 4.38. The summed E-state index contributed by atoms with van der Waals surface area (Å²) in [6.07, 6.45) is 3.90. The van der Waals surface area contributed by atoms with Crippen LogP contribution in [0.25, 0.3) is 0 Å². The van der Waals surface area contributed by atoms with Gasteiger partial charge < -0.3 is 9.29 Å². The number of rotatable bonds is 6. The van der Waals surface area contributed by atoms with E-state index < -0.39 is 11.4 Å². The number of aromatic nitrogens is 1. The third-order valence-corrected chi connectivity index (χ3v) is 4.59. The van der Waals surface area contributed by atoms with Crippen molar-refractivity contribution in [1.82, 2.24) is 9.71 Å². The Kier molecular flexibility index (Phi) is 6.33. The molecule has 1 heterocycles. The molecule has 1 rings (SSSR count). The molecule has 0 aromatic carbocycles. The quantitative estimate of drug-likeness (QED) is 0.496. The first kappa shape index (κ1) is 17.3. The van der Waals surface area contributed by atoms with E-state index in [0.717, 1.165) is 0 Å². The summed E-state index contributed by atoms with van der Waals surface area (Å²) >= 11 is 4.94. The zero-order chi connectivity index (χ0) is 15.3. The molecule has 112 valence electrons. The lowest BCUT2D eigenvalue weighted by atomic mass is 10.1. The van der Waals surface area contributed by atoms with E-state index in [9.17, 15) is 4.55 Å². The Morgan fingerprint density at radius 2 is 2.25 bits per heavy atom. The van der Waals surface area contributed by atoms with Crippen molar-refractivity contribution in [2.24, 2.45) is 0 Å². The van der Waals surface area contributed by atoms with Crippen molar-refractivity contribution in [2.75, 3.05) is 7.11 Å². The minimum absolute atomic E-state index is 0.260. The van der Waals surface area contributed by atoms with Crippen LogP contribution < -0.4 is 9.46 Å². The average Bonchev–Trinajstić information content (AvgIpc) is 2.36. The Morgan fingerprint density at radius 3 is 2.75 bits per heavy atom. The molecule has 1 N–H and O–H groups in total. The van der Waals surface area contributed by atoms with Gasteiger partial charge in [0.05, 0.1) is 18.7 Å².